The lowest BCUT2D eigenvalue weighted by Crippen LogP contribution is -2.57. The molecule has 0 saturated heterocycles. The van der Waals surface area contributed by atoms with Gasteiger partial charge in [0.1, 0.15) is 22.8 Å². The van der Waals surface area contributed by atoms with Crippen LogP contribution in [-0.2, 0) is 16.1 Å². The number of ketones is 1. The van der Waals surface area contributed by atoms with Crippen molar-refractivity contribution in [3.05, 3.63) is 57.1 Å². The molecule has 6 rings (SSSR count). The quantitative estimate of drug-likeness (QED) is 0.379. The minimum atomic E-state index is -1.86. The van der Waals surface area contributed by atoms with Gasteiger partial charge in [-0.1, -0.05) is 12.1 Å². The second kappa shape index (κ2) is 6.73. The zero-order chi connectivity index (χ0) is 23.9. The maximum absolute atomic E-state index is 13.7. The number of Topliss-reactive ketones (excluding diaryl/α,β-unsaturated/α-hetero) is 1. The molecule has 3 aliphatic rings. The Hall–Kier alpha value is -4.05. The standard InChI is InChI=1S/C24H19NO9/c1-32-16(28)8-24-15(27)6-5-13(26)19(24)22(30)18-14(33-24)7-10-9-25-20-11(17(10)21(18)29)3-2-4-12(20)23(31)34-25/h2-4,7,15,26-27,29H,5-6,8-9H2,1H3/t15-,24-/m0/s1. The van der Waals surface area contributed by atoms with Crippen LogP contribution in [0.1, 0.15) is 35.2 Å². The Morgan fingerprint density at radius 3 is 2.82 bits per heavy atom. The number of fused-ring (bicyclic) bond motifs is 4. The fourth-order valence-corrected chi connectivity index (χ4v) is 5.40. The van der Waals surface area contributed by atoms with Crippen LogP contribution in [0.25, 0.3) is 22.0 Å². The van der Waals surface area contributed by atoms with Crippen molar-refractivity contribution < 1.29 is 38.9 Å². The number of phenols is 1. The Kier molecular flexibility index (Phi) is 4.07. The van der Waals surface area contributed by atoms with E-state index in [1.54, 1.807) is 18.2 Å². The van der Waals surface area contributed by atoms with Crippen molar-refractivity contribution in [3.8, 4) is 22.6 Å². The molecule has 2 atom stereocenters. The molecule has 174 valence electrons. The average molecular weight is 465 g/mol. The fourth-order valence-electron chi connectivity index (χ4n) is 5.40. The molecule has 0 unspecified atom stereocenters. The molecule has 34 heavy (non-hydrogen) atoms. The van der Waals surface area contributed by atoms with Gasteiger partial charge in [-0.05, 0) is 24.1 Å². The van der Waals surface area contributed by atoms with E-state index in [0.29, 0.717) is 27.6 Å². The number of aromatic hydroxyl groups is 1. The number of carbonyl (C=O) groups excluding carboxylic acids is 2. The van der Waals surface area contributed by atoms with E-state index in [-0.39, 0.29) is 47.8 Å². The van der Waals surface area contributed by atoms with E-state index in [9.17, 15) is 29.7 Å². The summed E-state index contributed by atoms with van der Waals surface area (Å²) >= 11 is 0. The minimum absolute atomic E-state index is 0.0101. The molecule has 1 aliphatic carbocycles. The van der Waals surface area contributed by atoms with Crippen molar-refractivity contribution in [1.82, 2.24) is 4.74 Å². The molecule has 10 heteroatoms. The predicted molar refractivity (Wildman–Crippen MR) is 116 cm³/mol. The summed E-state index contributed by atoms with van der Waals surface area (Å²) in [5.74, 6) is -2.23. The molecule has 2 aliphatic heterocycles. The van der Waals surface area contributed by atoms with E-state index in [4.69, 9.17) is 14.0 Å². The smallest absolute Gasteiger partial charge is 0.365 e. The second-order valence-electron chi connectivity index (χ2n) is 8.70. The van der Waals surface area contributed by atoms with Crippen molar-refractivity contribution in [2.24, 2.45) is 0 Å². The molecule has 0 amide bonds. The highest BCUT2D eigenvalue weighted by Gasteiger charge is 2.56. The first-order chi connectivity index (χ1) is 16.3. The summed E-state index contributed by atoms with van der Waals surface area (Å²) in [6.45, 7) is 0.0873. The molecule has 0 saturated carbocycles. The molecular weight excluding hydrogens is 446 g/mol. The number of aliphatic hydroxyl groups excluding tert-OH is 2. The lowest BCUT2D eigenvalue weighted by Gasteiger charge is -2.45. The summed E-state index contributed by atoms with van der Waals surface area (Å²) in [6.07, 6.45) is -1.72. The summed E-state index contributed by atoms with van der Waals surface area (Å²) in [5.41, 5.74) is -0.986. The molecule has 2 aromatic carbocycles. The maximum Gasteiger partial charge on any atom is 0.365 e. The average Bonchev–Trinajstić information content (AvgIpc) is 3.12. The summed E-state index contributed by atoms with van der Waals surface area (Å²) in [7, 11) is 1.17. The zero-order valence-corrected chi connectivity index (χ0v) is 18.0. The molecule has 0 bridgehead atoms. The lowest BCUT2D eigenvalue weighted by atomic mass is 9.72. The van der Waals surface area contributed by atoms with E-state index >= 15 is 0 Å². The van der Waals surface area contributed by atoms with Crippen LogP contribution in [0.15, 0.2) is 44.9 Å². The number of aliphatic hydroxyl groups is 2. The first kappa shape index (κ1) is 20.5. The van der Waals surface area contributed by atoms with Gasteiger partial charge in [-0.15, -0.1) is 0 Å². The van der Waals surface area contributed by atoms with Gasteiger partial charge in [0.2, 0.25) is 5.78 Å². The minimum Gasteiger partial charge on any atom is -0.512 e. The summed E-state index contributed by atoms with van der Waals surface area (Å²) in [4.78, 5) is 38.2. The topological polar surface area (TPSA) is 148 Å². The van der Waals surface area contributed by atoms with Crippen molar-refractivity contribution >= 4 is 22.7 Å². The van der Waals surface area contributed by atoms with Crippen LogP contribution < -0.4 is 10.4 Å². The molecule has 1 aromatic heterocycles. The van der Waals surface area contributed by atoms with Crippen molar-refractivity contribution in [3.63, 3.8) is 0 Å². The van der Waals surface area contributed by atoms with Gasteiger partial charge in [-0.25, -0.2) is 9.53 Å². The summed E-state index contributed by atoms with van der Waals surface area (Å²) in [5, 5.41) is 33.1. The number of esters is 1. The second-order valence-corrected chi connectivity index (χ2v) is 8.70. The third-order valence-electron chi connectivity index (χ3n) is 6.91. The van der Waals surface area contributed by atoms with E-state index in [0.717, 1.165) is 0 Å². The predicted octanol–water partition coefficient (Wildman–Crippen LogP) is 2.17. The maximum atomic E-state index is 13.7. The van der Waals surface area contributed by atoms with E-state index in [2.05, 4.69) is 0 Å². The van der Waals surface area contributed by atoms with Crippen LogP contribution in [0.2, 0.25) is 0 Å². The highest BCUT2D eigenvalue weighted by atomic mass is 16.5. The van der Waals surface area contributed by atoms with Gasteiger partial charge in [0.15, 0.2) is 5.60 Å². The Morgan fingerprint density at radius 1 is 1.26 bits per heavy atom. The fraction of sp³-hybridized carbons (Fsp3) is 0.292. The number of phenolic OH excluding ortho intramolecular Hbond substituents is 1. The van der Waals surface area contributed by atoms with Crippen molar-refractivity contribution in [2.75, 3.05) is 7.11 Å². The van der Waals surface area contributed by atoms with E-state index in [1.165, 1.54) is 17.9 Å². The SMILES string of the molecule is COC(=O)C[C@@]12Oc3cc4c(c(O)c3C(=O)C1=C(O)CC[C@@H]2O)-c1cccc2c(=O)on(c12)C4. The third-order valence-corrected chi connectivity index (χ3v) is 6.91. The normalized spacial score (nSPS) is 22.6. The first-order valence-electron chi connectivity index (χ1n) is 10.7. The number of ether oxygens (including phenoxy) is 2. The Balaban J connectivity index is 1.62. The Morgan fingerprint density at radius 2 is 2.06 bits per heavy atom. The number of rotatable bonds is 2. The third kappa shape index (κ3) is 2.45. The van der Waals surface area contributed by atoms with Gasteiger partial charge in [0.05, 0.1) is 42.7 Å². The molecule has 0 fully saturated rings. The van der Waals surface area contributed by atoms with Crippen LogP contribution in [0, 0.1) is 0 Å². The molecule has 3 N–H and O–H groups in total. The van der Waals surface area contributed by atoms with Crippen LogP contribution in [0.4, 0.5) is 0 Å². The van der Waals surface area contributed by atoms with E-state index < -0.39 is 35.5 Å². The Labute approximate surface area is 191 Å². The number of aromatic nitrogens is 1. The highest BCUT2D eigenvalue weighted by Crippen LogP contribution is 2.52. The van der Waals surface area contributed by atoms with Gasteiger partial charge in [-0.2, -0.15) is 0 Å². The van der Waals surface area contributed by atoms with Crippen LogP contribution in [0.3, 0.4) is 0 Å². The summed E-state index contributed by atoms with van der Waals surface area (Å²) < 4.78 is 17.6. The Bertz CT molecular complexity index is 1530. The number of para-hydroxylation sites is 1. The number of carbonyl (C=O) groups is 2. The van der Waals surface area contributed by atoms with Crippen LogP contribution >= 0.6 is 0 Å². The zero-order valence-electron chi connectivity index (χ0n) is 18.0. The molecule has 3 heterocycles. The lowest BCUT2D eigenvalue weighted by molar-refractivity contribution is -0.148. The highest BCUT2D eigenvalue weighted by molar-refractivity contribution is 6.17. The molecule has 3 aromatic rings. The number of hydrogen-bond acceptors (Lipinski definition) is 9. The molecular formula is C24H19NO9. The number of hydrogen-bond donors (Lipinski definition) is 3. The van der Waals surface area contributed by atoms with Gasteiger partial charge < -0.3 is 29.3 Å². The molecule has 10 nitrogen and oxygen atoms in total. The number of allylic oxidation sites excluding steroid dienone is 1. The van der Waals surface area contributed by atoms with Gasteiger partial charge in [0, 0.05) is 17.5 Å². The number of methoxy groups -OCH3 is 1. The van der Waals surface area contributed by atoms with Crippen LogP contribution in [0.5, 0.6) is 11.5 Å². The molecule has 0 radical (unpaired) electrons. The number of nitrogens with zero attached hydrogens (tertiary/aromatic N) is 1. The van der Waals surface area contributed by atoms with Crippen molar-refractivity contribution in [2.45, 2.75) is 37.5 Å². The largest absolute Gasteiger partial charge is 0.512 e. The van der Waals surface area contributed by atoms with Gasteiger partial charge >= 0.3 is 11.6 Å². The monoisotopic (exact) mass is 465 g/mol. The van der Waals surface area contributed by atoms with Crippen molar-refractivity contribution in [1.29, 1.82) is 0 Å². The van der Waals surface area contributed by atoms with Gasteiger partial charge in [0.25, 0.3) is 0 Å². The van der Waals surface area contributed by atoms with Crippen LogP contribution in [-0.4, -0.2) is 50.6 Å². The van der Waals surface area contributed by atoms with E-state index in [1.807, 2.05) is 0 Å². The summed E-state index contributed by atoms with van der Waals surface area (Å²) in [6, 6.07) is 6.49. The molecule has 0 spiro atoms. The van der Waals surface area contributed by atoms with Gasteiger partial charge in [-0.3, -0.25) is 9.59 Å². The number of benzene rings is 2. The first-order valence-corrected chi connectivity index (χ1v) is 10.7.